The van der Waals surface area contributed by atoms with Crippen molar-refractivity contribution < 1.29 is 28.8 Å². The van der Waals surface area contributed by atoms with Crippen LogP contribution in [0.5, 0.6) is 0 Å². The Morgan fingerprint density at radius 3 is 2.03 bits per heavy atom. The summed E-state index contributed by atoms with van der Waals surface area (Å²) in [6.45, 7) is -0.751. The Morgan fingerprint density at radius 2 is 1.44 bits per heavy atom. The molecule has 9 nitrogen and oxygen atoms in total. The number of imide groups is 1. The number of amides is 2. The monoisotopic (exact) mass is 566 g/mol. The number of carbonyl (C=O) groups excluding carboxylic acids is 4. The first-order valence-electron chi connectivity index (χ1n) is 9.83. The zero-order valence-corrected chi connectivity index (χ0v) is 20.6. The minimum Gasteiger partial charge on any atom is -0.454 e. The Morgan fingerprint density at radius 1 is 0.861 bits per heavy atom. The van der Waals surface area contributed by atoms with E-state index in [0.29, 0.717) is 4.90 Å². The molecular weight excluding hydrogens is 558 g/mol. The Labute approximate surface area is 222 Å². The molecule has 0 bridgehead atoms. The molecule has 182 valence electrons. The van der Waals surface area contributed by atoms with E-state index in [-0.39, 0.29) is 53.7 Å². The van der Waals surface area contributed by atoms with Crippen molar-refractivity contribution in [2.24, 2.45) is 0 Å². The van der Waals surface area contributed by atoms with E-state index >= 15 is 0 Å². The summed E-state index contributed by atoms with van der Waals surface area (Å²) in [5.41, 5.74) is -1.27. The predicted octanol–water partition coefficient (Wildman–Crippen LogP) is 6.05. The van der Waals surface area contributed by atoms with Gasteiger partial charge in [-0.2, -0.15) is 0 Å². The van der Waals surface area contributed by atoms with Crippen LogP contribution >= 0.6 is 46.4 Å². The lowest BCUT2D eigenvalue weighted by Crippen LogP contribution is -2.31. The van der Waals surface area contributed by atoms with Crippen molar-refractivity contribution >= 4 is 81.3 Å². The molecule has 0 fully saturated rings. The van der Waals surface area contributed by atoms with E-state index in [1.165, 1.54) is 42.5 Å². The molecule has 0 atom stereocenters. The molecule has 1 aliphatic rings. The highest BCUT2D eigenvalue weighted by Gasteiger charge is 2.43. The number of nitro groups is 1. The second-order valence-corrected chi connectivity index (χ2v) is 8.79. The third-order valence-corrected chi connectivity index (χ3v) is 6.98. The van der Waals surface area contributed by atoms with Gasteiger partial charge in [0.1, 0.15) is 0 Å². The van der Waals surface area contributed by atoms with Crippen molar-refractivity contribution in [2.45, 2.75) is 0 Å². The fourth-order valence-electron chi connectivity index (χ4n) is 3.49. The van der Waals surface area contributed by atoms with Crippen LogP contribution in [-0.4, -0.2) is 35.1 Å². The van der Waals surface area contributed by atoms with E-state index < -0.39 is 35.1 Å². The Balaban J connectivity index is 1.62. The van der Waals surface area contributed by atoms with E-state index in [4.69, 9.17) is 51.1 Å². The fraction of sp³-hybridized carbons (Fsp3) is 0.0435. The minimum absolute atomic E-state index is 0.0383. The molecule has 3 aromatic rings. The molecule has 0 saturated carbocycles. The average Bonchev–Trinajstić information content (AvgIpc) is 3.14. The molecule has 0 unspecified atom stereocenters. The first-order chi connectivity index (χ1) is 17.0. The number of benzene rings is 3. The molecule has 1 aliphatic heterocycles. The summed E-state index contributed by atoms with van der Waals surface area (Å²) in [7, 11) is 0. The van der Waals surface area contributed by atoms with Gasteiger partial charge in [-0.05, 0) is 12.1 Å². The second kappa shape index (κ2) is 9.87. The summed E-state index contributed by atoms with van der Waals surface area (Å²) >= 11 is 24.4. The number of non-ortho nitro benzene ring substituents is 1. The first-order valence-corrected chi connectivity index (χ1v) is 11.3. The number of para-hydroxylation sites is 1. The molecule has 0 saturated heterocycles. The number of ketones is 1. The molecule has 0 aliphatic carbocycles. The number of ether oxygens (including phenoxy) is 1. The highest BCUT2D eigenvalue weighted by Crippen LogP contribution is 2.46. The standard InChI is InChI=1S/C23H10Cl4N2O7/c24-17-15-16(18(25)20(27)19(17)26)22(32)28(21(15)31)13-7-2-1-6-12(13)23(33)36-9-14(30)10-4-3-5-11(8-10)29(34)35/h1-8H,9H2. The third-order valence-electron chi connectivity index (χ3n) is 5.18. The number of carbonyl (C=O) groups is 4. The van der Waals surface area contributed by atoms with E-state index in [0.717, 1.165) is 6.07 Å². The maximum atomic E-state index is 13.2. The van der Waals surface area contributed by atoms with Crippen molar-refractivity contribution in [3.05, 3.63) is 101 Å². The van der Waals surface area contributed by atoms with Crippen LogP contribution in [0.1, 0.15) is 41.4 Å². The minimum atomic E-state index is -1.03. The zero-order valence-electron chi connectivity index (χ0n) is 17.6. The summed E-state index contributed by atoms with van der Waals surface area (Å²) < 4.78 is 5.08. The van der Waals surface area contributed by atoms with Crippen molar-refractivity contribution in [1.82, 2.24) is 0 Å². The van der Waals surface area contributed by atoms with Crippen molar-refractivity contribution in [3.8, 4) is 0 Å². The first kappa shape index (κ1) is 25.6. The Hall–Kier alpha value is -3.50. The van der Waals surface area contributed by atoms with E-state index in [1.807, 2.05) is 0 Å². The van der Waals surface area contributed by atoms with Gasteiger partial charge in [-0.25, -0.2) is 9.69 Å². The van der Waals surface area contributed by atoms with Crippen molar-refractivity contribution in [3.63, 3.8) is 0 Å². The lowest BCUT2D eigenvalue weighted by Gasteiger charge is -2.17. The van der Waals surface area contributed by atoms with Gasteiger partial charge in [0.15, 0.2) is 6.61 Å². The SMILES string of the molecule is O=C(COC(=O)c1ccccc1N1C(=O)c2c(Cl)c(Cl)c(Cl)c(Cl)c2C1=O)c1cccc([N+](=O)[O-])c1. The highest BCUT2D eigenvalue weighted by atomic mass is 35.5. The summed E-state index contributed by atoms with van der Waals surface area (Å²) in [4.78, 5) is 62.5. The maximum Gasteiger partial charge on any atom is 0.340 e. The number of rotatable bonds is 6. The molecule has 3 aromatic carbocycles. The smallest absolute Gasteiger partial charge is 0.340 e. The van der Waals surface area contributed by atoms with Crippen LogP contribution in [0.2, 0.25) is 20.1 Å². The number of esters is 1. The van der Waals surface area contributed by atoms with Gasteiger partial charge < -0.3 is 4.74 Å². The van der Waals surface area contributed by atoms with E-state index in [1.54, 1.807) is 0 Å². The molecular formula is C23H10Cl4N2O7. The number of hydrogen-bond acceptors (Lipinski definition) is 7. The molecule has 0 N–H and O–H groups in total. The van der Waals surface area contributed by atoms with E-state index in [9.17, 15) is 29.3 Å². The Bertz CT molecular complexity index is 1460. The van der Waals surface area contributed by atoms with Crippen LogP contribution in [0.3, 0.4) is 0 Å². The van der Waals surface area contributed by atoms with Gasteiger partial charge in [-0.1, -0.05) is 70.7 Å². The number of anilines is 1. The molecule has 0 aromatic heterocycles. The molecule has 4 rings (SSSR count). The largest absolute Gasteiger partial charge is 0.454 e. The number of Topliss-reactive ketones (excluding diaryl/α,β-unsaturated/α-hetero) is 1. The van der Waals surface area contributed by atoms with Gasteiger partial charge in [-0.15, -0.1) is 0 Å². The summed E-state index contributed by atoms with van der Waals surface area (Å²) in [6, 6.07) is 10.4. The van der Waals surface area contributed by atoms with Crippen LogP contribution in [0.4, 0.5) is 11.4 Å². The topological polar surface area (TPSA) is 124 Å². The van der Waals surface area contributed by atoms with Gasteiger partial charge in [-0.3, -0.25) is 24.5 Å². The molecule has 0 spiro atoms. The molecule has 2 amide bonds. The fourth-order valence-corrected chi connectivity index (χ4v) is 4.51. The van der Waals surface area contributed by atoms with Gasteiger partial charge in [0, 0.05) is 17.7 Å². The van der Waals surface area contributed by atoms with Crippen LogP contribution in [0.15, 0.2) is 48.5 Å². The quantitative estimate of drug-likeness (QED) is 0.0675. The Kier molecular flexibility index (Phi) is 7.01. The zero-order chi connectivity index (χ0) is 26.3. The van der Waals surface area contributed by atoms with Gasteiger partial charge in [0.05, 0.1) is 47.4 Å². The highest BCUT2D eigenvalue weighted by molar-refractivity contribution is 6.56. The number of hydrogen-bond donors (Lipinski definition) is 0. The normalized spacial score (nSPS) is 12.5. The molecule has 13 heteroatoms. The average molecular weight is 568 g/mol. The van der Waals surface area contributed by atoms with E-state index in [2.05, 4.69) is 0 Å². The third kappa shape index (κ3) is 4.31. The lowest BCUT2D eigenvalue weighted by atomic mass is 10.1. The predicted molar refractivity (Wildman–Crippen MR) is 132 cm³/mol. The van der Waals surface area contributed by atoms with Crippen LogP contribution in [-0.2, 0) is 4.74 Å². The molecule has 36 heavy (non-hydrogen) atoms. The number of nitrogens with zero attached hydrogens (tertiary/aromatic N) is 2. The van der Waals surface area contributed by atoms with Gasteiger partial charge >= 0.3 is 5.97 Å². The van der Waals surface area contributed by atoms with Gasteiger partial charge in [0.25, 0.3) is 17.5 Å². The number of halogens is 4. The number of fused-ring (bicyclic) bond motifs is 1. The lowest BCUT2D eigenvalue weighted by molar-refractivity contribution is -0.384. The summed E-state index contributed by atoms with van der Waals surface area (Å²) in [5.74, 6) is -3.52. The second-order valence-electron chi connectivity index (χ2n) is 7.28. The van der Waals surface area contributed by atoms with Crippen LogP contribution in [0.25, 0.3) is 0 Å². The summed E-state index contributed by atoms with van der Waals surface area (Å²) in [6.07, 6.45) is 0. The molecule has 1 heterocycles. The summed E-state index contributed by atoms with van der Waals surface area (Å²) in [5, 5.41) is 9.95. The van der Waals surface area contributed by atoms with Crippen LogP contribution < -0.4 is 4.90 Å². The number of nitro benzene ring substituents is 1. The van der Waals surface area contributed by atoms with Crippen LogP contribution in [0, 0.1) is 10.1 Å². The van der Waals surface area contributed by atoms with Crippen molar-refractivity contribution in [2.75, 3.05) is 11.5 Å². The van der Waals surface area contributed by atoms with Crippen molar-refractivity contribution in [1.29, 1.82) is 0 Å². The maximum absolute atomic E-state index is 13.2. The molecule has 0 radical (unpaired) electrons. The van der Waals surface area contributed by atoms with Gasteiger partial charge in [0.2, 0.25) is 5.78 Å².